The molecule has 1 atom stereocenters. The SMILES string of the molecule is CCCCCCCCCCCC(=O)NC(CCl)CC(C)C. The number of hydrogen-bond acceptors (Lipinski definition) is 1. The summed E-state index contributed by atoms with van der Waals surface area (Å²) in [6.07, 6.45) is 13.2. The van der Waals surface area contributed by atoms with Crippen LogP contribution in [0.3, 0.4) is 0 Å². The minimum Gasteiger partial charge on any atom is -0.352 e. The number of amides is 1. The maximum atomic E-state index is 11.8. The first-order valence-electron chi connectivity index (χ1n) is 8.95. The zero-order valence-corrected chi connectivity index (χ0v) is 15.2. The van der Waals surface area contributed by atoms with Crippen LogP contribution in [0.5, 0.6) is 0 Å². The number of carbonyl (C=O) groups excluding carboxylic acids is 1. The molecular weight excluding hydrogens is 282 g/mol. The molecule has 1 unspecified atom stereocenters. The minimum absolute atomic E-state index is 0.137. The lowest BCUT2D eigenvalue weighted by molar-refractivity contribution is -0.121. The van der Waals surface area contributed by atoms with Gasteiger partial charge in [-0.1, -0.05) is 72.1 Å². The number of carbonyl (C=O) groups is 1. The molecule has 0 aromatic carbocycles. The Balaban J connectivity index is 3.44. The Morgan fingerprint density at radius 3 is 1.95 bits per heavy atom. The van der Waals surface area contributed by atoms with Crippen LogP contribution in [0, 0.1) is 5.92 Å². The van der Waals surface area contributed by atoms with Crippen LogP contribution in [0.2, 0.25) is 0 Å². The van der Waals surface area contributed by atoms with Gasteiger partial charge in [-0.05, 0) is 18.8 Å². The van der Waals surface area contributed by atoms with E-state index in [1.165, 1.54) is 51.4 Å². The van der Waals surface area contributed by atoms with Crippen molar-refractivity contribution >= 4 is 17.5 Å². The third-order valence-corrected chi connectivity index (χ3v) is 4.19. The molecule has 0 bridgehead atoms. The van der Waals surface area contributed by atoms with Crippen LogP contribution in [0.15, 0.2) is 0 Å². The molecule has 1 amide bonds. The molecule has 3 heteroatoms. The Kier molecular flexibility index (Phi) is 14.5. The Hall–Kier alpha value is -0.240. The van der Waals surface area contributed by atoms with Gasteiger partial charge in [0.2, 0.25) is 5.91 Å². The smallest absolute Gasteiger partial charge is 0.220 e. The first-order valence-corrected chi connectivity index (χ1v) is 9.48. The number of alkyl halides is 1. The van der Waals surface area contributed by atoms with Crippen molar-refractivity contribution in [3.8, 4) is 0 Å². The van der Waals surface area contributed by atoms with E-state index in [0.717, 1.165) is 12.8 Å². The molecule has 0 saturated heterocycles. The lowest BCUT2D eigenvalue weighted by atomic mass is 10.0. The predicted molar refractivity (Wildman–Crippen MR) is 93.9 cm³/mol. The van der Waals surface area contributed by atoms with E-state index in [1.807, 2.05) is 0 Å². The Bertz CT molecular complexity index is 243. The normalized spacial score (nSPS) is 12.6. The molecule has 0 saturated carbocycles. The summed E-state index contributed by atoms with van der Waals surface area (Å²) in [4.78, 5) is 11.8. The van der Waals surface area contributed by atoms with Crippen LogP contribution in [0.4, 0.5) is 0 Å². The standard InChI is InChI=1S/C18H36ClNO/c1-4-5-6-7-8-9-10-11-12-13-18(21)20-17(15-19)14-16(2)3/h16-17H,4-15H2,1-3H3,(H,20,21). The van der Waals surface area contributed by atoms with Crippen molar-refractivity contribution in [3.63, 3.8) is 0 Å². The van der Waals surface area contributed by atoms with Crippen LogP contribution < -0.4 is 5.32 Å². The van der Waals surface area contributed by atoms with Crippen molar-refractivity contribution in [2.45, 2.75) is 97.4 Å². The Labute approximate surface area is 137 Å². The highest BCUT2D eigenvalue weighted by molar-refractivity contribution is 6.18. The van der Waals surface area contributed by atoms with Crippen molar-refractivity contribution in [2.24, 2.45) is 5.92 Å². The second-order valence-corrected chi connectivity index (χ2v) is 6.94. The lowest BCUT2D eigenvalue weighted by Gasteiger charge is -2.18. The highest BCUT2D eigenvalue weighted by Crippen LogP contribution is 2.11. The van der Waals surface area contributed by atoms with Crippen molar-refractivity contribution in [1.82, 2.24) is 5.32 Å². The average Bonchev–Trinajstić information content (AvgIpc) is 2.44. The van der Waals surface area contributed by atoms with E-state index < -0.39 is 0 Å². The molecule has 0 aliphatic rings. The third kappa shape index (κ3) is 14.5. The van der Waals surface area contributed by atoms with Gasteiger partial charge in [-0.25, -0.2) is 0 Å². The summed E-state index contributed by atoms with van der Waals surface area (Å²) in [7, 11) is 0. The molecule has 0 heterocycles. The molecule has 0 aromatic heterocycles. The Morgan fingerprint density at radius 1 is 0.952 bits per heavy atom. The third-order valence-electron chi connectivity index (χ3n) is 3.81. The summed E-state index contributed by atoms with van der Waals surface area (Å²) in [6, 6.07) is 0.137. The van der Waals surface area contributed by atoms with Crippen LogP contribution in [0.1, 0.15) is 91.4 Å². The molecule has 21 heavy (non-hydrogen) atoms. The summed E-state index contributed by atoms with van der Waals surface area (Å²) in [5, 5.41) is 3.05. The minimum atomic E-state index is 0.137. The van der Waals surface area contributed by atoms with E-state index in [1.54, 1.807) is 0 Å². The van der Waals surface area contributed by atoms with Crippen molar-refractivity contribution in [3.05, 3.63) is 0 Å². The molecule has 2 nitrogen and oxygen atoms in total. The van der Waals surface area contributed by atoms with Crippen molar-refractivity contribution in [2.75, 3.05) is 5.88 Å². The molecule has 1 N–H and O–H groups in total. The first-order chi connectivity index (χ1) is 10.1. The molecule has 0 aliphatic heterocycles. The zero-order valence-electron chi connectivity index (χ0n) is 14.4. The van der Waals surface area contributed by atoms with E-state index in [2.05, 4.69) is 26.1 Å². The number of rotatable bonds is 14. The van der Waals surface area contributed by atoms with Gasteiger partial charge in [0.05, 0.1) is 0 Å². The summed E-state index contributed by atoms with van der Waals surface area (Å²) in [5.41, 5.74) is 0. The maximum Gasteiger partial charge on any atom is 0.220 e. The van der Waals surface area contributed by atoms with Crippen molar-refractivity contribution < 1.29 is 4.79 Å². The molecule has 0 spiro atoms. The van der Waals surface area contributed by atoms with Crippen LogP contribution in [0.25, 0.3) is 0 Å². The maximum absolute atomic E-state index is 11.8. The molecule has 0 radical (unpaired) electrons. The van der Waals surface area contributed by atoms with Gasteiger partial charge in [0.15, 0.2) is 0 Å². The molecule has 0 fully saturated rings. The molecular formula is C18H36ClNO. The van der Waals surface area contributed by atoms with Gasteiger partial charge in [-0.2, -0.15) is 0 Å². The van der Waals surface area contributed by atoms with Gasteiger partial charge >= 0.3 is 0 Å². The second kappa shape index (κ2) is 14.7. The second-order valence-electron chi connectivity index (χ2n) is 6.63. The number of halogens is 1. The first kappa shape index (κ1) is 20.8. The quantitative estimate of drug-likeness (QED) is 0.324. The van der Waals surface area contributed by atoms with Crippen LogP contribution in [-0.4, -0.2) is 17.8 Å². The molecule has 0 aromatic rings. The summed E-state index contributed by atoms with van der Waals surface area (Å²) in [6.45, 7) is 6.57. The largest absolute Gasteiger partial charge is 0.352 e. The number of unbranched alkanes of at least 4 members (excludes halogenated alkanes) is 8. The van der Waals surface area contributed by atoms with Gasteiger partial charge in [0, 0.05) is 18.3 Å². The van der Waals surface area contributed by atoms with E-state index in [0.29, 0.717) is 18.2 Å². The Morgan fingerprint density at radius 2 is 1.48 bits per heavy atom. The van der Waals surface area contributed by atoms with E-state index in [-0.39, 0.29) is 11.9 Å². The average molecular weight is 318 g/mol. The number of hydrogen-bond donors (Lipinski definition) is 1. The van der Waals surface area contributed by atoms with Gasteiger partial charge in [0.25, 0.3) is 0 Å². The van der Waals surface area contributed by atoms with Crippen LogP contribution in [-0.2, 0) is 4.79 Å². The van der Waals surface area contributed by atoms with Gasteiger partial charge in [-0.3, -0.25) is 4.79 Å². The predicted octanol–water partition coefficient (Wildman–Crippen LogP) is 5.68. The molecule has 0 aliphatic carbocycles. The van der Waals surface area contributed by atoms with Gasteiger partial charge in [0.1, 0.15) is 0 Å². The van der Waals surface area contributed by atoms with Gasteiger partial charge < -0.3 is 5.32 Å². The topological polar surface area (TPSA) is 29.1 Å². The van der Waals surface area contributed by atoms with Gasteiger partial charge in [-0.15, -0.1) is 11.6 Å². The molecule has 0 rings (SSSR count). The summed E-state index contributed by atoms with van der Waals surface area (Å²) >= 11 is 5.90. The summed E-state index contributed by atoms with van der Waals surface area (Å²) in [5.74, 6) is 1.26. The van der Waals surface area contributed by atoms with Crippen molar-refractivity contribution in [1.29, 1.82) is 0 Å². The monoisotopic (exact) mass is 317 g/mol. The fourth-order valence-corrected chi connectivity index (χ4v) is 2.83. The fraction of sp³-hybridized carbons (Fsp3) is 0.944. The zero-order chi connectivity index (χ0) is 15.9. The van der Waals surface area contributed by atoms with E-state index >= 15 is 0 Å². The highest BCUT2D eigenvalue weighted by Gasteiger charge is 2.12. The summed E-state index contributed by atoms with van der Waals surface area (Å²) < 4.78 is 0. The van der Waals surface area contributed by atoms with E-state index in [9.17, 15) is 4.79 Å². The molecule has 126 valence electrons. The van der Waals surface area contributed by atoms with E-state index in [4.69, 9.17) is 11.6 Å². The lowest BCUT2D eigenvalue weighted by Crippen LogP contribution is -2.36. The highest BCUT2D eigenvalue weighted by atomic mass is 35.5. The fourth-order valence-electron chi connectivity index (χ4n) is 2.63. The van der Waals surface area contributed by atoms with Crippen LogP contribution >= 0.6 is 11.6 Å². The number of nitrogens with one attached hydrogen (secondary N) is 1.